The highest BCUT2D eigenvalue weighted by Crippen LogP contribution is 2.39. The zero-order valence-electron chi connectivity index (χ0n) is 14.1. The van der Waals surface area contributed by atoms with Crippen LogP contribution in [0.15, 0.2) is 6.20 Å². The van der Waals surface area contributed by atoms with Gasteiger partial charge < -0.3 is 15.0 Å². The molecule has 0 spiro atoms. The Labute approximate surface area is 146 Å². The first kappa shape index (κ1) is 16.7. The van der Waals surface area contributed by atoms with Gasteiger partial charge >= 0.3 is 0 Å². The van der Waals surface area contributed by atoms with E-state index >= 15 is 0 Å². The van der Waals surface area contributed by atoms with Crippen LogP contribution in [0.4, 0.5) is 5.95 Å². The van der Waals surface area contributed by atoms with Crippen LogP contribution < -0.4 is 5.32 Å². The van der Waals surface area contributed by atoms with E-state index in [0.29, 0.717) is 24.0 Å². The summed E-state index contributed by atoms with van der Waals surface area (Å²) in [5.74, 6) is 0.708. The fourth-order valence-electron chi connectivity index (χ4n) is 3.64. The van der Waals surface area contributed by atoms with E-state index in [1.54, 1.807) is 11.1 Å². The summed E-state index contributed by atoms with van der Waals surface area (Å²) in [4.78, 5) is 22.6. The highest BCUT2D eigenvalue weighted by atomic mass is 32.2. The lowest BCUT2D eigenvalue weighted by atomic mass is 10.00. The second-order valence-electron chi connectivity index (χ2n) is 7.11. The average Bonchev–Trinajstić information content (AvgIpc) is 3.28. The van der Waals surface area contributed by atoms with E-state index in [-0.39, 0.29) is 30.7 Å². The van der Waals surface area contributed by atoms with Gasteiger partial charge in [-0.25, -0.2) is 18.4 Å². The topological polar surface area (TPSA) is 101 Å². The zero-order chi connectivity index (χ0) is 17.6. The number of aromatic nitrogens is 2. The first-order valence-corrected chi connectivity index (χ1v) is 10.3. The molecule has 1 N–H and O–H groups in total. The summed E-state index contributed by atoms with van der Waals surface area (Å²) >= 11 is 0. The van der Waals surface area contributed by atoms with Crippen LogP contribution in [-0.4, -0.2) is 67.8 Å². The van der Waals surface area contributed by atoms with Crippen LogP contribution in [0.25, 0.3) is 0 Å². The third-order valence-electron chi connectivity index (χ3n) is 5.20. The molecule has 3 aliphatic rings. The lowest BCUT2D eigenvalue weighted by molar-refractivity contribution is -0.134. The van der Waals surface area contributed by atoms with Gasteiger partial charge in [0.05, 0.1) is 16.7 Å². The van der Waals surface area contributed by atoms with Gasteiger partial charge in [0.1, 0.15) is 6.61 Å². The molecule has 1 saturated carbocycles. The van der Waals surface area contributed by atoms with Crippen molar-refractivity contribution in [2.75, 3.05) is 38.7 Å². The minimum Gasteiger partial charge on any atom is -0.375 e. The lowest BCUT2D eigenvalue weighted by Gasteiger charge is -2.26. The predicted octanol–water partition coefficient (Wildman–Crippen LogP) is 0.168. The van der Waals surface area contributed by atoms with E-state index in [4.69, 9.17) is 4.74 Å². The van der Waals surface area contributed by atoms with Crippen molar-refractivity contribution >= 4 is 21.7 Å². The van der Waals surface area contributed by atoms with Crippen molar-refractivity contribution in [1.82, 2.24) is 14.9 Å². The first-order chi connectivity index (χ1) is 12.0. The summed E-state index contributed by atoms with van der Waals surface area (Å²) in [7, 11) is -1.86. The van der Waals surface area contributed by atoms with E-state index in [1.165, 1.54) is 20.0 Å². The van der Waals surface area contributed by atoms with Gasteiger partial charge in [-0.1, -0.05) is 0 Å². The molecule has 136 valence electrons. The van der Waals surface area contributed by atoms with Crippen LogP contribution in [0.5, 0.6) is 0 Å². The number of anilines is 1. The number of fused-ring (bicyclic) bond motifs is 3. The SMILES string of the molecule is COCC(=O)N1C[C@@H]2c3nc(NCC4CC4)ncc3CS(=O)(=O)[C@@H]2C1. The summed E-state index contributed by atoms with van der Waals surface area (Å²) in [5.41, 5.74) is 1.42. The van der Waals surface area contributed by atoms with Crippen molar-refractivity contribution in [3.8, 4) is 0 Å². The number of methoxy groups -OCH3 is 1. The van der Waals surface area contributed by atoms with Gasteiger partial charge in [0.25, 0.3) is 0 Å². The Morgan fingerprint density at radius 3 is 2.92 bits per heavy atom. The van der Waals surface area contributed by atoms with E-state index in [0.717, 1.165) is 12.2 Å². The molecule has 2 aliphatic heterocycles. The predicted molar refractivity (Wildman–Crippen MR) is 90.9 cm³/mol. The molecular weight excluding hydrogens is 344 g/mol. The number of carbonyl (C=O) groups excluding carboxylic acids is 1. The number of nitrogens with zero attached hydrogens (tertiary/aromatic N) is 3. The summed E-state index contributed by atoms with van der Waals surface area (Å²) in [6.45, 7) is 1.38. The van der Waals surface area contributed by atoms with Gasteiger partial charge in [0.15, 0.2) is 9.84 Å². The molecule has 4 rings (SSSR count). The first-order valence-electron chi connectivity index (χ1n) is 8.56. The van der Waals surface area contributed by atoms with Crippen molar-refractivity contribution in [2.24, 2.45) is 5.92 Å². The van der Waals surface area contributed by atoms with Gasteiger partial charge in [-0.15, -0.1) is 0 Å². The van der Waals surface area contributed by atoms with Crippen molar-refractivity contribution in [3.63, 3.8) is 0 Å². The maximum Gasteiger partial charge on any atom is 0.248 e. The summed E-state index contributed by atoms with van der Waals surface area (Å²) in [6, 6.07) is 0. The number of hydrogen-bond acceptors (Lipinski definition) is 7. The molecule has 1 aromatic rings. The third-order valence-corrected chi connectivity index (χ3v) is 7.31. The molecule has 8 nitrogen and oxygen atoms in total. The van der Waals surface area contributed by atoms with Crippen LogP contribution in [0.2, 0.25) is 0 Å². The Morgan fingerprint density at radius 1 is 1.40 bits per heavy atom. The average molecular weight is 366 g/mol. The normalized spacial score (nSPS) is 26.8. The largest absolute Gasteiger partial charge is 0.375 e. The highest BCUT2D eigenvalue weighted by Gasteiger charge is 2.48. The number of ether oxygens (including phenoxy) is 1. The van der Waals surface area contributed by atoms with Crippen LogP contribution in [-0.2, 0) is 25.1 Å². The minimum absolute atomic E-state index is 0.0374. The number of hydrogen-bond donors (Lipinski definition) is 1. The van der Waals surface area contributed by atoms with Crippen LogP contribution in [0.3, 0.4) is 0 Å². The fourth-order valence-corrected chi connectivity index (χ4v) is 5.63. The van der Waals surface area contributed by atoms with Crippen molar-refractivity contribution < 1.29 is 17.9 Å². The molecule has 3 heterocycles. The number of sulfone groups is 1. The second-order valence-corrected chi connectivity index (χ2v) is 9.33. The second kappa shape index (κ2) is 6.21. The Balaban J connectivity index is 1.61. The van der Waals surface area contributed by atoms with Crippen molar-refractivity contribution in [2.45, 2.75) is 29.8 Å². The fraction of sp³-hybridized carbons (Fsp3) is 0.688. The van der Waals surface area contributed by atoms with Gasteiger partial charge in [0.2, 0.25) is 11.9 Å². The molecule has 2 atom stereocenters. The molecule has 9 heteroatoms. The summed E-state index contributed by atoms with van der Waals surface area (Å²) in [5, 5.41) is 2.65. The number of rotatable bonds is 5. The molecule has 0 unspecified atom stereocenters. The van der Waals surface area contributed by atoms with Crippen molar-refractivity contribution in [3.05, 3.63) is 17.5 Å². The highest BCUT2D eigenvalue weighted by molar-refractivity contribution is 7.91. The number of nitrogens with one attached hydrogen (secondary N) is 1. The summed E-state index contributed by atoms with van der Waals surface area (Å²) < 4.78 is 30.1. The number of carbonyl (C=O) groups is 1. The summed E-state index contributed by atoms with van der Waals surface area (Å²) in [6.07, 6.45) is 4.08. The van der Waals surface area contributed by atoms with E-state index in [1.807, 2.05) is 0 Å². The number of amides is 1. The molecule has 1 amide bonds. The Kier molecular flexibility index (Phi) is 4.15. The molecule has 0 radical (unpaired) electrons. The monoisotopic (exact) mass is 366 g/mol. The van der Waals surface area contributed by atoms with Crippen molar-refractivity contribution in [1.29, 1.82) is 0 Å². The molecule has 1 aliphatic carbocycles. The Morgan fingerprint density at radius 2 is 2.20 bits per heavy atom. The minimum atomic E-state index is -3.32. The Bertz CT molecular complexity index is 793. The van der Waals surface area contributed by atoms with E-state index in [2.05, 4.69) is 15.3 Å². The third kappa shape index (κ3) is 3.22. The van der Waals surface area contributed by atoms with E-state index in [9.17, 15) is 13.2 Å². The molecule has 2 fully saturated rings. The molecule has 0 aromatic carbocycles. The van der Waals surface area contributed by atoms with E-state index < -0.39 is 15.1 Å². The Hall–Kier alpha value is -1.74. The molecule has 25 heavy (non-hydrogen) atoms. The standard InChI is InChI=1S/C16H22N4O4S/c1-24-8-14(21)20-6-12-13(7-20)25(22,23)9-11-5-18-16(19-15(11)12)17-4-10-2-3-10/h5,10,12-13H,2-4,6-9H2,1H3,(H,17,18,19)/t12-,13+/m0/s1. The maximum absolute atomic E-state index is 12.6. The van der Waals surface area contributed by atoms with Gasteiger partial charge in [-0.3, -0.25) is 4.79 Å². The number of likely N-dealkylation sites (tertiary alicyclic amines) is 1. The quantitative estimate of drug-likeness (QED) is 0.792. The van der Waals surface area contributed by atoms with Crippen LogP contribution in [0, 0.1) is 5.92 Å². The van der Waals surface area contributed by atoms with Crippen LogP contribution in [0.1, 0.15) is 30.0 Å². The molecule has 0 bridgehead atoms. The van der Waals surface area contributed by atoms with Crippen LogP contribution >= 0.6 is 0 Å². The lowest BCUT2D eigenvalue weighted by Crippen LogP contribution is -2.36. The smallest absolute Gasteiger partial charge is 0.248 e. The van der Waals surface area contributed by atoms with Gasteiger partial charge in [-0.05, 0) is 18.8 Å². The molecule has 1 aromatic heterocycles. The van der Waals surface area contributed by atoms with Gasteiger partial charge in [-0.2, -0.15) is 0 Å². The van der Waals surface area contributed by atoms with Gasteiger partial charge in [0, 0.05) is 44.4 Å². The molecular formula is C16H22N4O4S. The maximum atomic E-state index is 12.6. The molecule has 1 saturated heterocycles. The zero-order valence-corrected chi connectivity index (χ0v) is 15.0.